The highest BCUT2D eigenvalue weighted by atomic mass is 79.9. The molecule has 2 nitrogen and oxygen atoms in total. The van der Waals surface area contributed by atoms with Gasteiger partial charge in [0.15, 0.2) is 0 Å². The first-order valence-corrected chi connectivity index (χ1v) is 7.63. The van der Waals surface area contributed by atoms with Gasteiger partial charge in [-0.25, -0.2) is 0 Å². The molecule has 0 unspecified atom stereocenters. The SMILES string of the molecule is CC1(C)OB(c2ccc3cc(Br)ccc3c2)OC1(C)C. The highest BCUT2D eigenvalue weighted by Crippen LogP contribution is 2.36. The minimum Gasteiger partial charge on any atom is -0.399 e. The van der Waals surface area contributed by atoms with Crippen molar-refractivity contribution in [2.45, 2.75) is 38.9 Å². The highest BCUT2D eigenvalue weighted by molar-refractivity contribution is 9.10. The lowest BCUT2D eigenvalue weighted by molar-refractivity contribution is 0.00578. The second kappa shape index (κ2) is 4.59. The predicted molar refractivity (Wildman–Crippen MR) is 87.4 cm³/mol. The Hall–Kier alpha value is -0.835. The molecule has 0 bridgehead atoms. The smallest absolute Gasteiger partial charge is 0.399 e. The fourth-order valence-electron chi connectivity index (χ4n) is 2.36. The summed E-state index contributed by atoms with van der Waals surface area (Å²) in [5.41, 5.74) is 0.469. The van der Waals surface area contributed by atoms with Gasteiger partial charge in [-0.3, -0.25) is 0 Å². The Morgan fingerprint density at radius 1 is 0.850 bits per heavy atom. The van der Waals surface area contributed by atoms with E-state index in [9.17, 15) is 0 Å². The zero-order valence-corrected chi connectivity index (χ0v) is 13.8. The van der Waals surface area contributed by atoms with E-state index in [1.165, 1.54) is 10.8 Å². The van der Waals surface area contributed by atoms with Crippen LogP contribution in [0.15, 0.2) is 40.9 Å². The van der Waals surface area contributed by atoms with Crippen molar-refractivity contribution in [2.75, 3.05) is 0 Å². The molecule has 20 heavy (non-hydrogen) atoms. The Morgan fingerprint density at radius 3 is 2.05 bits per heavy atom. The third-order valence-corrected chi connectivity index (χ3v) is 4.85. The van der Waals surface area contributed by atoms with Crippen molar-refractivity contribution < 1.29 is 9.31 Å². The Labute approximate surface area is 128 Å². The van der Waals surface area contributed by atoms with Gasteiger partial charge in [-0.15, -0.1) is 0 Å². The molecule has 2 aromatic carbocycles. The maximum absolute atomic E-state index is 6.09. The van der Waals surface area contributed by atoms with Crippen LogP contribution in [0, 0.1) is 0 Å². The van der Waals surface area contributed by atoms with E-state index in [2.05, 4.69) is 80.0 Å². The fourth-order valence-corrected chi connectivity index (χ4v) is 2.74. The molecule has 0 aromatic heterocycles. The second-order valence-corrected chi connectivity index (χ2v) is 7.25. The van der Waals surface area contributed by atoms with Gasteiger partial charge in [-0.05, 0) is 56.1 Å². The zero-order chi connectivity index (χ0) is 14.5. The summed E-state index contributed by atoms with van der Waals surface area (Å²) in [6.45, 7) is 8.30. The Bertz CT molecular complexity index is 651. The van der Waals surface area contributed by atoms with E-state index in [0.717, 1.165) is 9.94 Å². The summed E-state index contributed by atoms with van der Waals surface area (Å²) >= 11 is 3.50. The second-order valence-electron chi connectivity index (χ2n) is 6.34. The monoisotopic (exact) mass is 332 g/mol. The Kier molecular flexibility index (Phi) is 3.24. The quantitative estimate of drug-likeness (QED) is 0.737. The van der Waals surface area contributed by atoms with Crippen molar-refractivity contribution in [3.8, 4) is 0 Å². The molecule has 0 spiro atoms. The van der Waals surface area contributed by atoms with Crippen molar-refractivity contribution in [3.05, 3.63) is 40.9 Å². The van der Waals surface area contributed by atoms with E-state index in [1.54, 1.807) is 0 Å². The number of benzene rings is 2. The van der Waals surface area contributed by atoms with Gasteiger partial charge in [0.2, 0.25) is 0 Å². The lowest BCUT2D eigenvalue weighted by Crippen LogP contribution is -2.41. The van der Waals surface area contributed by atoms with Gasteiger partial charge in [-0.2, -0.15) is 0 Å². The normalized spacial score (nSPS) is 20.6. The third kappa shape index (κ3) is 2.30. The topological polar surface area (TPSA) is 18.5 Å². The van der Waals surface area contributed by atoms with Crippen LogP contribution in [0.1, 0.15) is 27.7 Å². The lowest BCUT2D eigenvalue weighted by Gasteiger charge is -2.32. The molecule has 1 heterocycles. The summed E-state index contributed by atoms with van der Waals surface area (Å²) in [7, 11) is -0.298. The predicted octanol–water partition coefficient (Wildman–Crippen LogP) is 3.90. The van der Waals surface area contributed by atoms with Gasteiger partial charge in [-0.1, -0.05) is 40.2 Å². The van der Waals surface area contributed by atoms with E-state index in [4.69, 9.17) is 9.31 Å². The molecule has 4 heteroatoms. The van der Waals surface area contributed by atoms with Crippen molar-refractivity contribution in [2.24, 2.45) is 0 Å². The first kappa shape index (κ1) is 14.1. The van der Waals surface area contributed by atoms with Crippen LogP contribution in [-0.2, 0) is 9.31 Å². The molecule has 3 rings (SSSR count). The van der Waals surface area contributed by atoms with Crippen LogP contribution in [0.4, 0.5) is 0 Å². The van der Waals surface area contributed by atoms with Gasteiger partial charge >= 0.3 is 7.12 Å². The first-order chi connectivity index (χ1) is 9.28. The summed E-state index contributed by atoms with van der Waals surface area (Å²) in [6.07, 6.45) is 0. The summed E-state index contributed by atoms with van der Waals surface area (Å²) in [6, 6.07) is 12.6. The standard InChI is InChI=1S/C16H18BBrO2/c1-15(2)16(3,4)20-17(19-15)13-7-5-12-10-14(18)8-6-11(12)9-13/h5-10H,1-4H3. The van der Waals surface area contributed by atoms with Gasteiger partial charge in [0.25, 0.3) is 0 Å². The minimum absolute atomic E-state index is 0.298. The molecule has 0 aliphatic carbocycles. The van der Waals surface area contributed by atoms with Crippen molar-refractivity contribution in [3.63, 3.8) is 0 Å². The average molecular weight is 333 g/mol. The first-order valence-electron chi connectivity index (χ1n) is 6.83. The van der Waals surface area contributed by atoms with Gasteiger partial charge in [0.05, 0.1) is 11.2 Å². The third-order valence-electron chi connectivity index (χ3n) is 4.35. The largest absolute Gasteiger partial charge is 0.494 e. The van der Waals surface area contributed by atoms with Crippen molar-refractivity contribution in [1.29, 1.82) is 0 Å². The van der Waals surface area contributed by atoms with E-state index in [-0.39, 0.29) is 18.3 Å². The molecule has 0 radical (unpaired) electrons. The summed E-state index contributed by atoms with van der Waals surface area (Å²) in [5, 5.41) is 2.40. The summed E-state index contributed by atoms with van der Waals surface area (Å²) < 4.78 is 13.3. The number of hydrogen-bond donors (Lipinski definition) is 0. The van der Waals surface area contributed by atoms with Crippen molar-refractivity contribution >= 4 is 39.3 Å². The van der Waals surface area contributed by atoms with E-state index < -0.39 is 0 Å². The van der Waals surface area contributed by atoms with E-state index >= 15 is 0 Å². The van der Waals surface area contributed by atoms with Gasteiger partial charge < -0.3 is 9.31 Å². The molecule has 1 aliphatic heterocycles. The molecule has 0 amide bonds. The maximum Gasteiger partial charge on any atom is 0.494 e. The van der Waals surface area contributed by atoms with E-state index in [0.29, 0.717) is 0 Å². The van der Waals surface area contributed by atoms with Crippen LogP contribution in [-0.4, -0.2) is 18.3 Å². The van der Waals surface area contributed by atoms with Crippen LogP contribution in [0.3, 0.4) is 0 Å². The molecule has 0 N–H and O–H groups in total. The van der Waals surface area contributed by atoms with Gasteiger partial charge in [0, 0.05) is 4.47 Å². The molecule has 104 valence electrons. The van der Waals surface area contributed by atoms with Crippen LogP contribution >= 0.6 is 15.9 Å². The molecule has 0 saturated carbocycles. The maximum atomic E-state index is 6.09. The highest BCUT2D eigenvalue weighted by Gasteiger charge is 2.51. The van der Waals surface area contributed by atoms with Crippen LogP contribution in [0.25, 0.3) is 10.8 Å². The molecule has 0 atom stereocenters. The average Bonchev–Trinajstić information content (AvgIpc) is 2.58. The molecule has 2 aromatic rings. The molecule has 1 fully saturated rings. The number of rotatable bonds is 1. The number of hydrogen-bond acceptors (Lipinski definition) is 2. The molecular weight excluding hydrogens is 315 g/mol. The molecular formula is C16H18BBrO2. The number of fused-ring (bicyclic) bond motifs is 1. The molecule has 1 aliphatic rings. The molecule has 1 saturated heterocycles. The fraction of sp³-hybridized carbons (Fsp3) is 0.375. The van der Waals surface area contributed by atoms with Crippen LogP contribution in [0.2, 0.25) is 0 Å². The minimum atomic E-state index is -0.299. The summed E-state index contributed by atoms with van der Waals surface area (Å²) in [5.74, 6) is 0. The number of halogens is 1. The van der Waals surface area contributed by atoms with Crippen LogP contribution in [0.5, 0.6) is 0 Å². The lowest BCUT2D eigenvalue weighted by atomic mass is 9.78. The van der Waals surface area contributed by atoms with Gasteiger partial charge in [0.1, 0.15) is 0 Å². The van der Waals surface area contributed by atoms with E-state index in [1.807, 2.05) is 0 Å². The van der Waals surface area contributed by atoms with Crippen LogP contribution < -0.4 is 5.46 Å². The van der Waals surface area contributed by atoms with Crippen molar-refractivity contribution in [1.82, 2.24) is 0 Å². The Morgan fingerprint density at radius 2 is 1.40 bits per heavy atom. The summed E-state index contributed by atoms with van der Waals surface area (Å²) in [4.78, 5) is 0. The Balaban J connectivity index is 1.98. The zero-order valence-electron chi connectivity index (χ0n) is 12.2.